The summed E-state index contributed by atoms with van der Waals surface area (Å²) in [5.41, 5.74) is 13.0. The van der Waals surface area contributed by atoms with Crippen LogP contribution in [0.2, 0.25) is 0 Å². The molecule has 0 saturated heterocycles. The van der Waals surface area contributed by atoms with Gasteiger partial charge in [0.1, 0.15) is 5.82 Å². The standard InChI is InChI=1S/C13H20N4O/c1-8-6-7-16-13(11(8)14)17-10-4-2-9(3-5-10)12(15)18/h6-7,9-10H,2-5,14H2,1H3,(H2,15,18)(H,16,17). The molecule has 18 heavy (non-hydrogen) atoms. The van der Waals surface area contributed by atoms with Crippen molar-refractivity contribution in [3.63, 3.8) is 0 Å². The van der Waals surface area contributed by atoms with Crippen LogP contribution in [0.25, 0.3) is 0 Å². The number of pyridine rings is 1. The van der Waals surface area contributed by atoms with Gasteiger partial charge in [0.25, 0.3) is 0 Å². The van der Waals surface area contributed by atoms with Crippen molar-refractivity contribution >= 4 is 17.4 Å². The molecule has 1 saturated carbocycles. The van der Waals surface area contributed by atoms with E-state index in [-0.39, 0.29) is 11.8 Å². The van der Waals surface area contributed by atoms with Gasteiger partial charge >= 0.3 is 0 Å². The molecule has 0 aromatic carbocycles. The minimum Gasteiger partial charge on any atom is -0.396 e. The number of carbonyl (C=O) groups excluding carboxylic acids is 1. The summed E-state index contributed by atoms with van der Waals surface area (Å²) in [5.74, 6) is 0.602. The largest absolute Gasteiger partial charge is 0.396 e. The van der Waals surface area contributed by atoms with Gasteiger partial charge in [0.2, 0.25) is 5.91 Å². The monoisotopic (exact) mass is 248 g/mol. The molecular weight excluding hydrogens is 228 g/mol. The highest BCUT2D eigenvalue weighted by atomic mass is 16.1. The first-order valence-corrected chi connectivity index (χ1v) is 6.35. The minimum atomic E-state index is -0.179. The molecule has 1 amide bonds. The summed E-state index contributed by atoms with van der Waals surface area (Å²) in [7, 11) is 0. The molecule has 1 aromatic rings. The van der Waals surface area contributed by atoms with Gasteiger partial charge in [0.15, 0.2) is 0 Å². The molecule has 98 valence electrons. The van der Waals surface area contributed by atoms with Crippen LogP contribution in [-0.2, 0) is 4.79 Å². The summed E-state index contributed by atoms with van der Waals surface area (Å²) in [6.07, 6.45) is 5.31. The Kier molecular flexibility index (Phi) is 3.69. The van der Waals surface area contributed by atoms with Gasteiger partial charge in [-0.25, -0.2) is 4.98 Å². The number of hydrogen-bond acceptors (Lipinski definition) is 4. The highest BCUT2D eigenvalue weighted by Crippen LogP contribution is 2.28. The maximum atomic E-state index is 11.1. The van der Waals surface area contributed by atoms with Crippen LogP contribution in [0.1, 0.15) is 31.2 Å². The van der Waals surface area contributed by atoms with Crippen molar-refractivity contribution in [1.82, 2.24) is 4.98 Å². The van der Waals surface area contributed by atoms with E-state index < -0.39 is 0 Å². The average molecular weight is 248 g/mol. The summed E-state index contributed by atoms with van der Waals surface area (Å²) < 4.78 is 0. The molecule has 1 aliphatic carbocycles. The van der Waals surface area contributed by atoms with Crippen LogP contribution < -0.4 is 16.8 Å². The molecule has 0 spiro atoms. The van der Waals surface area contributed by atoms with Crippen molar-refractivity contribution in [3.05, 3.63) is 17.8 Å². The quantitative estimate of drug-likeness (QED) is 0.754. The van der Waals surface area contributed by atoms with Crippen LogP contribution in [0.5, 0.6) is 0 Å². The smallest absolute Gasteiger partial charge is 0.220 e. The molecule has 1 fully saturated rings. The Morgan fingerprint density at radius 1 is 1.39 bits per heavy atom. The predicted molar refractivity (Wildman–Crippen MR) is 71.9 cm³/mol. The molecule has 0 atom stereocenters. The topological polar surface area (TPSA) is 94.0 Å². The van der Waals surface area contributed by atoms with E-state index in [0.717, 1.165) is 37.1 Å². The molecule has 2 rings (SSSR count). The fraction of sp³-hybridized carbons (Fsp3) is 0.538. The number of anilines is 2. The van der Waals surface area contributed by atoms with Crippen LogP contribution in [0.3, 0.4) is 0 Å². The third-order valence-corrected chi connectivity index (χ3v) is 3.68. The zero-order valence-electron chi connectivity index (χ0n) is 10.6. The Morgan fingerprint density at radius 3 is 2.67 bits per heavy atom. The number of nitrogens with two attached hydrogens (primary N) is 2. The molecule has 5 nitrogen and oxygen atoms in total. The van der Waals surface area contributed by atoms with Crippen molar-refractivity contribution in [2.24, 2.45) is 11.7 Å². The number of nitrogens with one attached hydrogen (secondary N) is 1. The molecule has 1 aromatic heterocycles. The first-order chi connectivity index (χ1) is 8.58. The van der Waals surface area contributed by atoms with Gasteiger partial charge in [-0.1, -0.05) is 0 Å². The first-order valence-electron chi connectivity index (χ1n) is 6.35. The maximum absolute atomic E-state index is 11.1. The minimum absolute atomic E-state index is 0.0332. The summed E-state index contributed by atoms with van der Waals surface area (Å²) in [6.45, 7) is 1.96. The summed E-state index contributed by atoms with van der Waals surface area (Å²) >= 11 is 0. The van der Waals surface area contributed by atoms with Crippen LogP contribution in [0.15, 0.2) is 12.3 Å². The molecule has 0 bridgehead atoms. The van der Waals surface area contributed by atoms with Gasteiger partial charge in [0, 0.05) is 18.2 Å². The fourth-order valence-corrected chi connectivity index (χ4v) is 2.40. The Morgan fingerprint density at radius 2 is 2.06 bits per heavy atom. The van der Waals surface area contributed by atoms with E-state index in [4.69, 9.17) is 11.5 Å². The lowest BCUT2D eigenvalue weighted by Gasteiger charge is -2.28. The van der Waals surface area contributed by atoms with E-state index in [2.05, 4.69) is 10.3 Å². The zero-order chi connectivity index (χ0) is 13.1. The van der Waals surface area contributed by atoms with Gasteiger partial charge in [0.05, 0.1) is 5.69 Å². The van der Waals surface area contributed by atoms with Gasteiger partial charge in [-0.05, 0) is 44.2 Å². The third-order valence-electron chi connectivity index (χ3n) is 3.68. The second-order valence-corrected chi connectivity index (χ2v) is 4.99. The van der Waals surface area contributed by atoms with Crippen molar-refractivity contribution < 1.29 is 4.79 Å². The average Bonchev–Trinajstić information content (AvgIpc) is 2.36. The Hall–Kier alpha value is -1.78. The number of aryl methyl sites for hydroxylation is 1. The van der Waals surface area contributed by atoms with Crippen LogP contribution >= 0.6 is 0 Å². The number of nitrogens with zero attached hydrogens (tertiary/aromatic N) is 1. The van der Waals surface area contributed by atoms with Crippen molar-refractivity contribution in [2.75, 3.05) is 11.1 Å². The lowest BCUT2D eigenvalue weighted by Crippen LogP contribution is -2.32. The third kappa shape index (κ3) is 2.72. The molecule has 0 unspecified atom stereocenters. The second kappa shape index (κ2) is 5.25. The van der Waals surface area contributed by atoms with Crippen LogP contribution in [0.4, 0.5) is 11.5 Å². The van der Waals surface area contributed by atoms with E-state index in [1.807, 2.05) is 13.0 Å². The Bertz CT molecular complexity index is 439. The van der Waals surface area contributed by atoms with Gasteiger partial charge in [-0.2, -0.15) is 0 Å². The Balaban J connectivity index is 1.96. The van der Waals surface area contributed by atoms with Crippen molar-refractivity contribution in [3.8, 4) is 0 Å². The van der Waals surface area contributed by atoms with E-state index in [9.17, 15) is 4.79 Å². The van der Waals surface area contributed by atoms with Gasteiger partial charge in [-0.3, -0.25) is 4.79 Å². The van der Waals surface area contributed by atoms with Gasteiger partial charge < -0.3 is 16.8 Å². The summed E-state index contributed by atoms with van der Waals surface area (Å²) in [6, 6.07) is 2.22. The highest BCUT2D eigenvalue weighted by molar-refractivity contribution is 5.76. The fourth-order valence-electron chi connectivity index (χ4n) is 2.40. The van der Waals surface area contributed by atoms with Crippen LogP contribution in [-0.4, -0.2) is 16.9 Å². The van der Waals surface area contributed by atoms with E-state index in [0.29, 0.717) is 11.7 Å². The molecular formula is C13H20N4O. The number of carbonyl (C=O) groups is 1. The number of amides is 1. The Labute approximate surface area is 107 Å². The number of aromatic nitrogens is 1. The normalized spacial score (nSPS) is 23.6. The van der Waals surface area contributed by atoms with E-state index in [1.165, 1.54) is 0 Å². The van der Waals surface area contributed by atoms with Crippen molar-refractivity contribution in [1.29, 1.82) is 0 Å². The molecule has 0 aliphatic heterocycles. The molecule has 1 heterocycles. The zero-order valence-corrected chi connectivity index (χ0v) is 10.6. The number of rotatable bonds is 3. The SMILES string of the molecule is Cc1ccnc(NC2CCC(C(N)=O)CC2)c1N. The lowest BCUT2D eigenvalue weighted by atomic mass is 9.85. The van der Waals surface area contributed by atoms with Crippen molar-refractivity contribution in [2.45, 2.75) is 38.6 Å². The highest BCUT2D eigenvalue weighted by Gasteiger charge is 2.25. The first kappa shape index (κ1) is 12.7. The number of nitrogen functional groups attached to an aromatic ring is 1. The van der Waals surface area contributed by atoms with Crippen LogP contribution in [0, 0.1) is 12.8 Å². The lowest BCUT2D eigenvalue weighted by molar-refractivity contribution is -0.122. The number of primary amides is 1. The summed E-state index contributed by atoms with van der Waals surface area (Å²) in [5, 5.41) is 3.36. The van der Waals surface area contributed by atoms with E-state index in [1.54, 1.807) is 6.20 Å². The van der Waals surface area contributed by atoms with E-state index >= 15 is 0 Å². The molecule has 5 heteroatoms. The molecule has 5 N–H and O–H groups in total. The molecule has 0 radical (unpaired) electrons. The maximum Gasteiger partial charge on any atom is 0.220 e. The van der Waals surface area contributed by atoms with Gasteiger partial charge in [-0.15, -0.1) is 0 Å². The summed E-state index contributed by atoms with van der Waals surface area (Å²) in [4.78, 5) is 15.3. The number of hydrogen-bond donors (Lipinski definition) is 3. The second-order valence-electron chi connectivity index (χ2n) is 4.99. The predicted octanol–water partition coefficient (Wildman–Crippen LogP) is 1.43. The molecule has 1 aliphatic rings.